The SMILES string of the molecule is C.COC(=O)c1ccn2c3c(nc2c1)[C@@H]1[C@H](C3)N(CC2CC2)[C@@]2(C(=O)Nc3cc(Cl)ccc32)[C@H]1c1ccnc(Cl)c1F. The Labute approximate surface area is 251 Å². The van der Waals surface area contributed by atoms with Crippen molar-refractivity contribution in [1.29, 1.82) is 0 Å². The third-order valence-electron chi connectivity index (χ3n) is 9.32. The summed E-state index contributed by atoms with van der Waals surface area (Å²) in [4.78, 5) is 37.9. The molecular formula is C31H28Cl2FN5O3. The molecule has 2 aliphatic carbocycles. The normalized spacial score (nSPS) is 25.7. The maximum absolute atomic E-state index is 16.0. The Morgan fingerprint density at radius 1 is 1.21 bits per heavy atom. The number of likely N-dealkylation sites (tertiary alicyclic amines) is 1. The quantitative estimate of drug-likeness (QED) is 0.227. The van der Waals surface area contributed by atoms with Crippen molar-refractivity contribution in [3.05, 3.63) is 92.9 Å². The zero-order valence-electron chi connectivity index (χ0n) is 21.9. The van der Waals surface area contributed by atoms with E-state index < -0.39 is 23.2 Å². The van der Waals surface area contributed by atoms with E-state index in [4.69, 9.17) is 32.9 Å². The zero-order chi connectivity index (χ0) is 28.2. The number of rotatable bonds is 4. The molecule has 3 aromatic heterocycles. The molecule has 1 saturated carbocycles. The van der Waals surface area contributed by atoms with Crippen LogP contribution in [0.3, 0.4) is 0 Å². The van der Waals surface area contributed by atoms with E-state index in [2.05, 4.69) is 15.2 Å². The van der Waals surface area contributed by atoms with Crippen molar-refractivity contribution >= 4 is 46.4 Å². The number of pyridine rings is 2. The van der Waals surface area contributed by atoms with Crippen LogP contribution in [0.1, 0.15) is 65.0 Å². The minimum Gasteiger partial charge on any atom is -0.465 e. The number of carbonyl (C=O) groups excluding carboxylic acids is 2. The summed E-state index contributed by atoms with van der Waals surface area (Å²) in [7, 11) is 1.34. The predicted octanol–water partition coefficient (Wildman–Crippen LogP) is 5.96. The number of benzene rings is 1. The molecule has 1 spiro atoms. The van der Waals surface area contributed by atoms with Gasteiger partial charge in [-0.05, 0) is 54.7 Å². The fourth-order valence-electron chi connectivity index (χ4n) is 7.55. The Bertz CT molecular complexity index is 1810. The van der Waals surface area contributed by atoms with E-state index in [1.165, 1.54) is 13.3 Å². The van der Waals surface area contributed by atoms with E-state index >= 15 is 4.39 Å². The molecule has 0 radical (unpaired) electrons. The van der Waals surface area contributed by atoms with E-state index in [-0.39, 0.29) is 30.4 Å². The molecule has 1 aromatic carbocycles. The maximum Gasteiger partial charge on any atom is 0.338 e. The molecule has 8 nitrogen and oxygen atoms in total. The smallest absolute Gasteiger partial charge is 0.338 e. The summed E-state index contributed by atoms with van der Waals surface area (Å²) in [5.74, 6) is -1.82. The summed E-state index contributed by atoms with van der Waals surface area (Å²) in [5, 5.41) is 3.35. The second-order valence-corrected chi connectivity index (χ2v) is 12.2. The molecule has 4 aromatic rings. The Hall–Kier alpha value is -3.53. The second-order valence-electron chi connectivity index (χ2n) is 11.4. The zero-order valence-corrected chi connectivity index (χ0v) is 23.4. The number of anilines is 1. The van der Waals surface area contributed by atoms with Gasteiger partial charge in [-0.15, -0.1) is 0 Å². The number of ether oxygens (including phenoxy) is 1. The van der Waals surface area contributed by atoms with Gasteiger partial charge in [-0.25, -0.2) is 19.2 Å². The molecular weight excluding hydrogens is 580 g/mol. The van der Waals surface area contributed by atoms with Crippen LogP contribution in [0.2, 0.25) is 10.2 Å². The third-order valence-corrected chi connectivity index (χ3v) is 9.82. The minimum absolute atomic E-state index is 0. The average Bonchev–Trinajstić information content (AvgIpc) is 3.41. The summed E-state index contributed by atoms with van der Waals surface area (Å²) >= 11 is 12.6. The standard InChI is InChI=1S/C30H24Cl2FN5O3.CH4/c1-41-28(39)15-7-9-37-21-12-20-23(26(21)36-22(37)10-15)24(17-6-8-34-27(32)25(17)33)30(38(20)13-14-2-3-14)18-5-4-16(31)11-19(18)35-29(30)40;/h4-11,14,20,23-24H,2-3,12-13H2,1H3,(H,35,40);1H4/t20-,23+,24-,30+;/m0./s1. The topological polar surface area (TPSA) is 88.8 Å². The second kappa shape index (κ2) is 9.49. The van der Waals surface area contributed by atoms with Crippen LogP contribution in [0.15, 0.2) is 48.8 Å². The van der Waals surface area contributed by atoms with Gasteiger partial charge in [0, 0.05) is 65.2 Å². The van der Waals surface area contributed by atoms with Crippen LogP contribution in [0.5, 0.6) is 0 Å². The van der Waals surface area contributed by atoms with Crippen molar-refractivity contribution in [3.8, 4) is 0 Å². The van der Waals surface area contributed by atoms with Crippen LogP contribution in [0.4, 0.5) is 10.1 Å². The first kappa shape index (κ1) is 27.3. The number of hydrogen-bond donors (Lipinski definition) is 1. The fourth-order valence-corrected chi connectivity index (χ4v) is 7.89. The van der Waals surface area contributed by atoms with Crippen molar-refractivity contribution in [2.75, 3.05) is 19.0 Å². The van der Waals surface area contributed by atoms with E-state index in [9.17, 15) is 9.59 Å². The highest BCUT2D eigenvalue weighted by atomic mass is 35.5. The molecule has 8 rings (SSSR count). The van der Waals surface area contributed by atoms with Crippen LogP contribution in [0, 0.1) is 11.7 Å². The van der Waals surface area contributed by atoms with Crippen LogP contribution < -0.4 is 5.32 Å². The van der Waals surface area contributed by atoms with Crippen molar-refractivity contribution in [2.45, 2.75) is 50.1 Å². The van der Waals surface area contributed by atoms with Gasteiger partial charge < -0.3 is 14.5 Å². The summed E-state index contributed by atoms with van der Waals surface area (Å²) in [5.41, 5.74) is 3.31. The van der Waals surface area contributed by atoms with Crippen molar-refractivity contribution in [2.24, 2.45) is 5.92 Å². The van der Waals surface area contributed by atoms with Crippen LogP contribution in [-0.4, -0.2) is 50.8 Å². The summed E-state index contributed by atoms with van der Waals surface area (Å²) in [6, 6.07) is 10.3. The molecule has 4 aliphatic rings. The van der Waals surface area contributed by atoms with Gasteiger partial charge in [0.1, 0.15) is 11.2 Å². The Balaban J connectivity index is 0.00000288. The lowest BCUT2D eigenvalue weighted by Gasteiger charge is -2.40. The van der Waals surface area contributed by atoms with E-state index in [0.717, 1.165) is 29.8 Å². The number of fused-ring (bicyclic) bond motifs is 7. The third kappa shape index (κ3) is 3.56. The highest BCUT2D eigenvalue weighted by Gasteiger charge is 2.69. The van der Waals surface area contributed by atoms with Gasteiger partial charge in [0.05, 0.1) is 18.4 Å². The predicted molar refractivity (Wildman–Crippen MR) is 157 cm³/mol. The highest BCUT2D eigenvalue weighted by molar-refractivity contribution is 6.31. The molecule has 1 N–H and O–H groups in total. The minimum atomic E-state index is -1.20. The number of halogens is 3. The molecule has 5 heterocycles. The number of hydrogen-bond acceptors (Lipinski definition) is 6. The molecule has 0 bridgehead atoms. The molecule has 11 heteroatoms. The molecule has 2 aliphatic heterocycles. The number of aromatic nitrogens is 3. The molecule has 216 valence electrons. The van der Waals surface area contributed by atoms with E-state index in [1.54, 1.807) is 30.3 Å². The van der Waals surface area contributed by atoms with Crippen molar-refractivity contribution in [3.63, 3.8) is 0 Å². The van der Waals surface area contributed by atoms with Gasteiger partial charge in [0.25, 0.3) is 0 Å². The number of nitrogens with zero attached hydrogens (tertiary/aromatic N) is 4. The maximum atomic E-state index is 16.0. The Morgan fingerprint density at radius 3 is 2.79 bits per heavy atom. The largest absolute Gasteiger partial charge is 0.465 e. The number of esters is 1. The number of nitrogens with one attached hydrogen (secondary N) is 1. The first-order chi connectivity index (χ1) is 19.8. The number of amides is 1. The van der Waals surface area contributed by atoms with Crippen molar-refractivity contribution in [1.82, 2.24) is 19.3 Å². The van der Waals surface area contributed by atoms with Gasteiger partial charge in [0.15, 0.2) is 11.0 Å². The number of imidazole rings is 1. The molecule has 4 atom stereocenters. The lowest BCUT2D eigenvalue weighted by Crippen LogP contribution is -2.53. The molecule has 1 amide bonds. The van der Waals surface area contributed by atoms with Gasteiger partial charge in [-0.2, -0.15) is 0 Å². The summed E-state index contributed by atoms with van der Waals surface area (Å²) < 4.78 is 22.9. The van der Waals surface area contributed by atoms with Gasteiger partial charge in [-0.3, -0.25) is 9.69 Å². The first-order valence-corrected chi connectivity index (χ1v) is 14.4. The molecule has 42 heavy (non-hydrogen) atoms. The van der Waals surface area contributed by atoms with Gasteiger partial charge in [-0.1, -0.05) is 36.7 Å². The van der Waals surface area contributed by atoms with Gasteiger partial charge in [0.2, 0.25) is 5.91 Å². The fraction of sp³-hybridized carbons (Fsp3) is 0.355. The summed E-state index contributed by atoms with van der Waals surface area (Å²) in [6.07, 6.45) is 6.11. The van der Waals surface area contributed by atoms with E-state index in [1.807, 2.05) is 16.7 Å². The lowest BCUT2D eigenvalue weighted by molar-refractivity contribution is -0.128. The van der Waals surface area contributed by atoms with Crippen LogP contribution >= 0.6 is 23.2 Å². The molecule has 0 unspecified atom stereocenters. The number of methoxy groups -OCH3 is 1. The van der Waals surface area contributed by atoms with Crippen LogP contribution in [-0.2, 0) is 21.5 Å². The monoisotopic (exact) mass is 607 g/mol. The Kier molecular flexibility index (Phi) is 6.17. The average molecular weight is 609 g/mol. The number of carbonyl (C=O) groups is 2. The van der Waals surface area contributed by atoms with Crippen LogP contribution in [0.25, 0.3) is 5.65 Å². The molecule has 2 fully saturated rings. The Morgan fingerprint density at radius 2 is 2.02 bits per heavy atom. The van der Waals surface area contributed by atoms with Crippen molar-refractivity contribution < 1.29 is 18.7 Å². The highest BCUT2D eigenvalue weighted by Crippen LogP contribution is 2.65. The lowest BCUT2D eigenvalue weighted by atomic mass is 9.71. The summed E-state index contributed by atoms with van der Waals surface area (Å²) in [6.45, 7) is 0.701. The molecule has 1 saturated heterocycles. The first-order valence-electron chi connectivity index (χ1n) is 13.6. The van der Waals surface area contributed by atoms with Gasteiger partial charge >= 0.3 is 5.97 Å². The van der Waals surface area contributed by atoms with E-state index in [0.29, 0.717) is 46.4 Å².